The van der Waals surface area contributed by atoms with E-state index < -0.39 is 0 Å². The van der Waals surface area contributed by atoms with E-state index in [1.165, 1.54) is 16.7 Å². The molecule has 0 heterocycles. The fraction of sp³-hybridized carbons (Fsp3) is 0.368. The van der Waals surface area contributed by atoms with Crippen LogP contribution in [-0.4, -0.2) is 14.2 Å². The summed E-state index contributed by atoms with van der Waals surface area (Å²) in [6.07, 6.45) is 0.983. The normalized spacial score (nSPS) is 10.8. The first-order valence-corrected chi connectivity index (χ1v) is 7.47. The van der Waals surface area contributed by atoms with Gasteiger partial charge in [0.25, 0.3) is 0 Å². The Morgan fingerprint density at radius 3 is 2.14 bits per heavy atom. The minimum atomic E-state index is 0.381. The van der Waals surface area contributed by atoms with Crippen molar-refractivity contribution in [2.45, 2.75) is 33.1 Å². The molecule has 112 valence electrons. The monoisotopic (exact) mass is 284 g/mol. The lowest BCUT2D eigenvalue weighted by atomic mass is 9.87. The predicted molar refractivity (Wildman–Crippen MR) is 88.4 cm³/mol. The topological polar surface area (TPSA) is 18.5 Å². The standard InChI is InChI=1S/C19H24O2/c1-6-14-11-12-17(21-5)18(13(2)3)19(14)15-9-7-8-10-16(15)20-4/h7-13H,6H2,1-5H3. The maximum absolute atomic E-state index is 5.60. The Balaban J connectivity index is 2.81. The van der Waals surface area contributed by atoms with Gasteiger partial charge in [-0.1, -0.05) is 45.0 Å². The van der Waals surface area contributed by atoms with Crippen molar-refractivity contribution in [1.29, 1.82) is 0 Å². The fourth-order valence-corrected chi connectivity index (χ4v) is 2.86. The van der Waals surface area contributed by atoms with E-state index >= 15 is 0 Å². The van der Waals surface area contributed by atoms with E-state index in [0.717, 1.165) is 23.5 Å². The molecule has 21 heavy (non-hydrogen) atoms. The summed E-state index contributed by atoms with van der Waals surface area (Å²) in [6, 6.07) is 12.4. The maximum Gasteiger partial charge on any atom is 0.126 e. The van der Waals surface area contributed by atoms with Crippen LogP contribution in [0.15, 0.2) is 36.4 Å². The maximum atomic E-state index is 5.60. The lowest BCUT2D eigenvalue weighted by Gasteiger charge is -2.21. The quantitative estimate of drug-likeness (QED) is 0.764. The largest absolute Gasteiger partial charge is 0.496 e. The molecule has 0 spiro atoms. The summed E-state index contributed by atoms with van der Waals surface area (Å²) in [4.78, 5) is 0. The van der Waals surface area contributed by atoms with Crippen LogP contribution in [0.5, 0.6) is 11.5 Å². The summed E-state index contributed by atoms with van der Waals surface area (Å²) >= 11 is 0. The number of rotatable bonds is 5. The number of ether oxygens (including phenoxy) is 2. The van der Waals surface area contributed by atoms with Gasteiger partial charge in [0.2, 0.25) is 0 Å². The molecule has 0 aliphatic heterocycles. The summed E-state index contributed by atoms with van der Waals surface area (Å²) in [7, 11) is 3.46. The molecule has 0 fully saturated rings. The summed E-state index contributed by atoms with van der Waals surface area (Å²) in [6.45, 7) is 6.59. The molecule has 2 heteroatoms. The second kappa shape index (κ2) is 6.66. The Hall–Kier alpha value is -1.96. The lowest BCUT2D eigenvalue weighted by molar-refractivity contribution is 0.407. The van der Waals surface area contributed by atoms with Crippen LogP contribution in [0.25, 0.3) is 11.1 Å². The third-order valence-electron chi connectivity index (χ3n) is 3.85. The van der Waals surface area contributed by atoms with Crippen molar-refractivity contribution >= 4 is 0 Å². The Morgan fingerprint density at radius 1 is 0.905 bits per heavy atom. The Morgan fingerprint density at radius 2 is 1.57 bits per heavy atom. The van der Waals surface area contributed by atoms with Crippen LogP contribution in [0.1, 0.15) is 37.8 Å². The molecule has 0 bridgehead atoms. The lowest BCUT2D eigenvalue weighted by Crippen LogP contribution is -2.02. The van der Waals surface area contributed by atoms with Crippen LogP contribution < -0.4 is 9.47 Å². The molecular formula is C19H24O2. The van der Waals surface area contributed by atoms with Gasteiger partial charge in [0, 0.05) is 11.1 Å². The summed E-state index contributed by atoms with van der Waals surface area (Å²) in [5.74, 6) is 2.23. The summed E-state index contributed by atoms with van der Waals surface area (Å²) in [5.41, 5.74) is 4.97. The van der Waals surface area contributed by atoms with Gasteiger partial charge < -0.3 is 9.47 Å². The van der Waals surface area contributed by atoms with Crippen LogP contribution in [-0.2, 0) is 6.42 Å². The molecule has 2 aromatic carbocycles. The Labute approximate surface area is 127 Å². The number of para-hydroxylation sites is 1. The molecule has 0 aliphatic rings. The van der Waals surface area contributed by atoms with E-state index in [0.29, 0.717) is 5.92 Å². The van der Waals surface area contributed by atoms with Crippen molar-refractivity contribution in [1.82, 2.24) is 0 Å². The molecule has 0 aliphatic carbocycles. The highest BCUT2D eigenvalue weighted by Gasteiger charge is 2.19. The number of hydrogen-bond donors (Lipinski definition) is 0. The first-order chi connectivity index (χ1) is 10.1. The summed E-state index contributed by atoms with van der Waals surface area (Å²) in [5, 5.41) is 0. The van der Waals surface area contributed by atoms with Gasteiger partial charge in [0.05, 0.1) is 14.2 Å². The number of methoxy groups -OCH3 is 2. The average molecular weight is 284 g/mol. The third-order valence-corrected chi connectivity index (χ3v) is 3.85. The van der Waals surface area contributed by atoms with Gasteiger partial charge in [-0.25, -0.2) is 0 Å². The molecule has 0 atom stereocenters. The van der Waals surface area contributed by atoms with Crippen molar-refractivity contribution in [3.05, 3.63) is 47.5 Å². The van der Waals surface area contributed by atoms with Gasteiger partial charge >= 0.3 is 0 Å². The second-order valence-electron chi connectivity index (χ2n) is 5.42. The predicted octanol–water partition coefficient (Wildman–Crippen LogP) is 5.06. The number of hydrogen-bond acceptors (Lipinski definition) is 2. The highest BCUT2D eigenvalue weighted by Crippen LogP contribution is 2.42. The summed E-state index contributed by atoms with van der Waals surface area (Å²) < 4.78 is 11.2. The SMILES string of the molecule is CCc1ccc(OC)c(C(C)C)c1-c1ccccc1OC. The van der Waals surface area contributed by atoms with Gasteiger partial charge in [0.15, 0.2) is 0 Å². The molecule has 0 amide bonds. The average Bonchev–Trinajstić information content (AvgIpc) is 2.53. The smallest absolute Gasteiger partial charge is 0.126 e. The Kier molecular flexibility index (Phi) is 4.89. The van der Waals surface area contributed by atoms with Gasteiger partial charge in [0.1, 0.15) is 11.5 Å². The van der Waals surface area contributed by atoms with Gasteiger partial charge in [-0.05, 0) is 35.6 Å². The highest BCUT2D eigenvalue weighted by molar-refractivity contribution is 5.79. The molecular weight excluding hydrogens is 260 g/mol. The van der Waals surface area contributed by atoms with E-state index in [4.69, 9.17) is 9.47 Å². The first kappa shape index (κ1) is 15.4. The van der Waals surface area contributed by atoms with Crippen molar-refractivity contribution in [3.63, 3.8) is 0 Å². The third kappa shape index (κ3) is 2.90. The molecule has 0 radical (unpaired) electrons. The number of aryl methyl sites for hydroxylation is 1. The molecule has 0 saturated heterocycles. The zero-order valence-corrected chi connectivity index (χ0v) is 13.6. The fourth-order valence-electron chi connectivity index (χ4n) is 2.86. The molecule has 2 nitrogen and oxygen atoms in total. The zero-order chi connectivity index (χ0) is 15.4. The second-order valence-corrected chi connectivity index (χ2v) is 5.42. The molecule has 2 aromatic rings. The van der Waals surface area contributed by atoms with Crippen LogP contribution in [0, 0.1) is 0 Å². The zero-order valence-electron chi connectivity index (χ0n) is 13.6. The molecule has 2 rings (SSSR count). The highest BCUT2D eigenvalue weighted by atomic mass is 16.5. The Bertz CT molecular complexity index is 615. The molecule has 0 aromatic heterocycles. The van der Waals surface area contributed by atoms with Crippen molar-refractivity contribution in [2.75, 3.05) is 14.2 Å². The van der Waals surface area contributed by atoms with Crippen molar-refractivity contribution in [3.8, 4) is 22.6 Å². The minimum Gasteiger partial charge on any atom is -0.496 e. The van der Waals surface area contributed by atoms with Gasteiger partial charge in [-0.3, -0.25) is 0 Å². The molecule has 0 unspecified atom stereocenters. The van der Waals surface area contributed by atoms with Gasteiger partial charge in [-0.2, -0.15) is 0 Å². The van der Waals surface area contributed by atoms with E-state index in [1.54, 1.807) is 14.2 Å². The van der Waals surface area contributed by atoms with Crippen molar-refractivity contribution in [2.24, 2.45) is 0 Å². The van der Waals surface area contributed by atoms with Crippen molar-refractivity contribution < 1.29 is 9.47 Å². The first-order valence-electron chi connectivity index (χ1n) is 7.47. The van der Waals surface area contributed by atoms with Crippen LogP contribution in [0.2, 0.25) is 0 Å². The molecule has 0 N–H and O–H groups in total. The van der Waals surface area contributed by atoms with E-state index in [-0.39, 0.29) is 0 Å². The number of benzene rings is 2. The van der Waals surface area contributed by atoms with Crippen LogP contribution >= 0.6 is 0 Å². The molecule has 0 saturated carbocycles. The van der Waals surface area contributed by atoms with E-state index in [2.05, 4.69) is 45.0 Å². The van der Waals surface area contributed by atoms with Crippen LogP contribution in [0.4, 0.5) is 0 Å². The van der Waals surface area contributed by atoms with Gasteiger partial charge in [-0.15, -0.1) is 0 Å². The van der Waals surface area contributed by atoms with E-state index in [9.17, 15) is 0 Å². The minimum absolute atomic E-state index is 0.381. The van der Waals surface area contributed by atoms with Crippen LogP contribution in [0.3, 0.4) is 0 Å². The van der Waals surface area contributed by atoms with E-state index in [1.807, 2.05) is 12.1 Å².